The molecule has 0 amide bonds. The largest absolute Gasteiger partial charge is 0.371 e. The minimum absolute atomic E-state index is 0.513. The number of terminal acetylenes is 1. The number of quaternary nitrogens is 1. The molecule has 92 valence electrons. The van der Waals surface area contributed by atoms with Crippen molar-refractivity contribution in [3.8, 4) is 12.3 Å². The molecule has 2 nitrogen and oxygen atoms in total. The van der Waals surface area contributed by atoms with Crippen LogP contribution in [0, 0.1) is 12.3 Å². The van der Waals surface area contributed by atoms with Crippen LogP contribution in [0.25, 0.3) is 0 Å². The van der Waals surface area contributed by atoms with E-state index in [-0.39, 0.29) is 0 Å². The van der Waals surface area contributed by atoms with Gasteiger partial charge in [-0.25, -0.2) is 0 Å². The first-order valence-corrected chi connectivity index (χ1v) is 6.18. The Kier molecular flexibility index (Phi) is 6.07. The zero-order chi connectivity index (χ0) is 12.6. The van der Waals surface area contributed by atoms with E-state index >= 15 is 0 Å². The van der Waals surface area contributed by atoms with Gasteiger partial charge in [-0.3, -0.25) is 0 Å². The van der Waals surface area contributed by atoms with Crippen molar-refractivity contribution in [2.45, 2.75) is 6.61 Å². The number of alkyl halides is 1. The van der Waals surface area contributed by atoms with Crippen LogP contribution in [0.15, 0.2) is 30.3 Å². The molecule has 0 heterocycles. The Hall–Kier alpha value is -1.01. The lowest BCUT2D eigenvalue weighted by Gasteiger charge is -2.29. The van der Waals surface area contributed by atoms with Gasteiger partial charge in [0.25, 0.3) is 0 Å². The van der Waals surface area contributed by atoms with Crippen molar-refractivity contribution in [1.29, 1.82) is 0 Å². The van der Waals surface area contributed by atoms with Crippen molar-refractivity contribution in [3.63, 3.8) is 0 Å². The van der Waals surface area contributed by atoms with Crippen LogP contribution in [0.5, 0.6) is 0 Å². The minimum Gasteiger partial charge on any atom is -0.371 e. The van der Waals surface area contributed by atoms with Gasteiger partial charge >= 0.3 is 0 Å². The van der Waals surface area contributed by atoms with Gasteiger partial charge in [-0.2, -0.15) is 0 Å². The van der Waals surface area contributed by atoms with Crippen LogP contribution in [0.2, 0.25) is 0 Å². The van der Waals surface area contributed by atoms with Crippen LogP contribution < -0.4 is 0 Å². The molecule has 0 fully saturated rings. The van der Waals surface area contributed by atoms with Gasteiger partial charge in [0.15, 0.2) is 6.00 Å². The Morgan fingerprint density at radius 3 is 2.65 bits per heavy atom. The summed E-state index contributed by atoms with van der Waals surface area (Å²) in [4.78, 5) is 0. The first kappa shape index (κ1) is 14.1. The van der Waals surface area contributed by atoms with E-state index in [0.29, 0.717) is 30.2 Å². The summed E-state index contributed by atoms with van der Waals surface area (Å²) < 4.78 is 6.27. The van der Waals surface area contributed by atoms with Crippen molar-refractivity contribution in [1.82, 2.24) is 0 Å². The molecule has 0 N–H and O–H groups in total. The first-order valence-electron chi connectivity index (χ1n) is 5.65. The van der Waals surface area contributed by atoms with Crippen LogP contribution in [0.1, 0.15) is 5.56 Å². The van der Waals surface area contributed by atoms with E-state index in [4.69, 9.17) is 22.8 Å². The average molecular weight is 253 g/mol. The first-order chi connectivity index (χ1) is 8.20. The number of ether oxygens (including phenoxy) is 1. The van der Waals surface area contributed by atoms with Gasteiger partial charge in [0.1, 0.15) is 13.1 Å². The fraction of sp³-hybridized carbons (Fsp3) is 0.429. The third kappa shape index (κ3) is 5.23. The lowest BCUT2D eigenvalue weighted by atomic mass is 10.2. The van der Waals surface area contributed by atoms with Crippen LogP contribution in [-0.4, -0.2) is 37.2 Å². The minimum atomic E-state index is 0.513. The number of hydrogen-bond donors (Lipinski definition) is 0. The van der Waals surface area contributed by atoms with Gasteiger partial charge in [-0.15, -0.1) is 6.42 Å². The Labute approximate surface area is 109 Å². The lowest BCUT2D eigenvalue weighted by Crippen LogP contribution is -2.45. The second kappa shape index (κ2) is 7.34. The molecule has 3 heteroatoms. The highest BCUT2D eigenvalue weighted by Crippen LogP contribution is 2.05. The van der Waals surface area contributed by atoms with E-state index < -0.39 is 0 Å². The molecular weight excluding hydrogens is 234 g/mol. The number of likely N-dealkylation sites (N-methyl/N-ethyl adjacent to an activating group) is 1. The summed E-state index contributed by atoms with van der Waals surface area (Å²) in [5.41, 5.74) is 1.18. The van der Waals surface area contributed by atoms with Crippen molar-refractivity contribution in [3.05, 3.63) is 35.9 Å². The van der Waals surface area contributed by atoms with Gasteiger partial charge in [0, 0.05) is 0 Å². The van der Waals surface area contributed by atoms with Gasteiger partial charge in [0.2, 0.25) is 0 Å². The lowest BCUT2D eigenvalue weighted by molar-refractivity contribution is -0.892. The number of nitrogens with zero attached hydrogens (tertiary/aromatic N) is 1. The molecule has 1 aromatic carbocycles. The summed E-state index contributed by atoms with van der Waals surface area (Å²) in [5.74, 6) is 2.65. The third-order valence-electron chi connectivity index (χ3n) is 2.65. The molecule has 0 saturated heterocycles. The van der Waals surface area contributed by atoms with Crippen molar-refractivity contribution in [2.75, 3.05) is 32.7 Å². The van der Waals surface area contributed by atoms with Gasteiger partial charge < -0.3 is 9.22 Å². The molecule has 0 aliphatic heterocycles. The molecule has 1 rings (SSSR count). The SMILES string of the molecule is C#CC[N+](C)(CCl)CCOCc1ccccc1. The van der Waals surface area contributed by atoms with Gasteiger partial charge in [-0.1, -0.05) is 41.9 Å². The highest BCUT2D eigenvalue weighted by atomic mass is 35.5. The van der Waals surface area contributed by atoms with Crippen LogP contribution in [0.3, 0.4) is 0 Å². The molecule has 0 bridgehead atoms. The van der Waals surface area contributed by atoms with Crippen LogP contribution in [0.4, 0.5) is 0 Å². The standard InChI is InChI=1S/C14H19ClNO/c1-3-9-16(2,13-15)10-11-17-12-14-7-5-4-6-8-14/h1,4-8H,9-13H2,2H3/q+1. The average Bonchev–Trinajstić information content (AvgIpc) is 2.36. The second-order valence-electron chi connectivity index (χ2n) is 4.36. The maximum Gasteiger partial charge on any atom is 0.155 e. The third-order valence-corrected chi connectivity index (χ3v) is 3.23. The van der Waals surface area contributed by atoms with Crippen molar-refractivity contribution >= 4 is 11.6 Å². The molecule has 1 aromatic rings. The molecule has 0 spiro atoms. The van der Waals surface area contributed by atoms with Crippen molar-refractivity contribution < 1.29 is 9.22 Å². The number of benzene rings is 1. The zero-order valence-electron chi connectivity index (χ0n) is 10.2. The summed E-state index contributed by atoms with van der Waals surface area (Å²) in [6.45, 7) is 2.78. The molecule has 0 saturated carbocycles. The van der Waals surface area contributed by atoms with Crippen LogP contribution in [-0.2, 0) is 11.3 Å². The molecule has 1 unspecified atom stereocenters. The molecule has 0 radical (unpaired) electrons. The molecule has 0 aliphatic rings. The van der Waals surface area contributed by atoms with E-state index in [9.17, 15) is 0 Å². The maximum absolute atomic E-state index is 5.90. The monoisotopic (exact) mass is 252 g/mol. The second-order valence-corrected chi connectivity index (χ2v) is 4.60. The fourth-order valence-corrected chi connectivity index (χ4v) is 1.65. The predicted octanol–water partition coefficient (Wildman–Crippen LogP) is 2.48. The van der Waals surface area contributed by atoms with Crippen molar-refractivity contribution in [2.24, 2.45) is 0 Å². The van der Waals surface area contributed by atoms with Gasteiger partial charge in [-0.05, 0) is 11.5 Å². The number of halogens is 1. The Bertz CT molecular complexity index is 360. The summed E-state index contributed by atoms with van der Waals surface area (Å²) in [6, 6.07) is 10.6. The highest BCUT2D eigenvalue weighted by Gasteiger charge is 2.18. The zero-order valence-corrected chi connectivity index (χ0v) is 11.0. The molecule has 0 aromatic heterocycles. The fourth-order valence-electron chi connectivity index (χ4n) is 1.45. The predicted molar refractivity (Wildman–Crippen MR) is 71.6 cm³/mol. The van der Waals surface area contributed by atoms with Gasteiger partial charge in [0.05, 0.1) is 20.3 Å². The Morgan fingerprint density at radius 1 is 1.35 bits per heavy atom. The maximum atomic E-state index is 5.90. The quantitative estimate of drug-likeness (QED) is 0.238. The summed E-state index contributed by atoms with van der Waals surface area (Å²) in [5, 5.41) is 0. The smallest absolute Gasteiger partial charge is 0.155 e. The van der Waals surface area contributed by atoms with E-state index in [0.717, 1.165) is 6.54 Å². The van der Waals surface area contributed by atoms with E-state index in [1.54, 1.807) is 0 Å². The normalized spacial score (nSPS) is 13.9. The highest BCUT2D eigenvalue weighted by molar-refractivity contribution is 6.16. The molecule has 17 heavy (non-hydrogen) atoms. The van der Waals surface area contributed by atoms with E-state index in [2.05, 4.69) is 18.1 Å². The topological polar surface area (TPSA) is 9.23 Å². The summed E-state index contributed by atoms with van der Waals surface area (Å²) in [6.07, 6.45) is 5.32. The molecule has 0 aliphatic carbocycles. The Morgan fingerprint density at radius 2 is 2.06 bits per heavy atom. The summed E-state index contributed by atoms with van der Waals surface area (Å²) >= 11 is 5.90. The number of hydrogen-bond acceptors (Lipinski definition) is 1. The van der Waals surface area contributed by atoms with E-state index in [1.165, 1.54) is 5.56 Å². The molecular formula is C14H19ClNO+. The molecule has 1 atom stereocenters. The Balaban J connectivity index is 2.26. The van der Waals surface area contributed by atoms with E-state index in [1.807, 2.05) is 25.2 Å². The van der Waals surface area contributed by atoms with Crippen LogP contribution >= 0.6 is 11.6 Å². The number of rotatable bonds is 7. The summed E-state index contributed by atoms with van der Waals surface area (Å²) in [7, 11) is 2.04.